The Labute approximate surface area is 369 Å². The van der Waals surface area contributed by atoms with Crippen molar-refractivity contribution in [1.82, 2.24) is 0 Å². The van der Waals surface area contributed by atoms with Crippen LogP contribution in [-0.4, -0.2) is 0 Å². The van der Waals surface area contributed by atoms with Gasteiger partial charge in [-0.15, -0.1) is 0 Å². The first-order valence-corrected chi connectivity index (χ1v) is 23.6. The molecule has 0 aliphatic heterocycles. The number of aryl methyl sites for hydroxylation is 1. The second kappa shape index (κ2) is 14.3. The summed E-state index contributed by atoms with van der Waals surface area (Å²) in [4.78, 5) is 0. The molecule has 11 rings (SSSR count). The average Bonchev–Trinajstić information content (AvgIpc) is 3.89. The topological polar surface area (TPSA) is 0 Å². The van der Waals surface area contributed by atoms with Crippen molar-refractivity contribution in [1.29, 1.82) is 0 Å². The molecule has 0 amide bonds. The lowest BCUT2D eigenvalue weighted by atomic mass is 9.72. The van der Waals surface area contributed by atoms with Gasteiger partial charge in [-0.3, -0.25) is 0 Å². The van der Waals surface area contributed by atoms with E-state index >= 15 is 0 Å². The number of rotatable bonds is 9. The molecule has 0 saturated heterocycles. The van der Waals surface area contributed by atoms with E-state index in [-0.39, 0.29) is 16.2 Å². The molecule has 3 aliphatic rings. The molecule has 0 heteroatoms. The minimum absolute atomic E-state index is 0.0321. The van der Waals surface area contributed by atoms with Gasteiger partial charge in [0.1, 0.15) is 0 Å². The molecule has 0 heterocycles. The molecule has 0 nitrogen and oxygen atoms in total. The van der Waals surface area contributed by atoms with Crippen LogP contribution in [0.25, 0.3) is 77.5 Å². The summed E-state index contributed by atoms with van der Waals surface area (Å²) in [6.45, 7) is 16.6. The summed E-state index contributed by atoms with van der Waals surface area (Å²) < 4.78 is 0. The normalized spacial score (nSPS) is 15.5. The van der Waals surface area contributed by atoms with Gasteiger partial charge in [-0.05, 0) is 192 Å². The lowest BCUT2D eigenvalue weighted by Gasteiger charge is -2.31. The maximum absolute atomic E-state index is 2.56. The van der Waals surface area contributed by atoms with E-state index < -0.39 is 0 Å². The fourth-order valence-corrected chi connectivity index (χ4v) is 13.1. The summed E-state index contributed by atoms with van der Waals surface area (Å²) in [6, 6.07) is 59.3. The van der Waals surface area contributed by atoms with Crippen LogP contribution in [0.5, 0.6) is 0 Å². The maximum atomic E-state index is 2.56. The highest BCUT2D eigenvalue weighted by molar-refractivity contribution is 5.94. The van der Waals surface area contributed by atoms with E-state index in [1.54, 1.807) is 0 Å². The summed E-state index contributed by atoms with van der Waals surface area (Å²) >= 11 is 0. The van der Waals surface area contributed by atoms with Crippen LogP contribution in [0.4, 0.5) is 0 Å². The third-order valence-electron chi connectivity index (χ3n) is 16.8. The third kappa shape index (κ3) is 5.13. The smallest absolute Gasteiger partial charge is 0.0210 e. The Bertz CT molecular complexity index is 3100. The number of fused-ring (bicyclic) bond motifs is 10. The second-order valence-corrected chi connectivity index (χ2v) is 18.7. The Morgan fingerprint density at radius 3 is 1.05 bits per heavy atom. The summed E-state index contributed by atoms with van der Waals surface area (Å²) in [6.07, 6.45) is 6.48. The fraction of sp³-hybridized carbons (Fsp3) is 0.258. The summed E-state index contributed by atoms with van der Waals surface area (Å²) in [7, 11) is 0. The molecular weight excluding hydrogens is 745 g/mol. The van der Waals surface area contributed by atoms with Gasteiger partial charge in [0.05, 0.1) is 0 Å². The van der Waals surface area contributed by atoms with Crippen molar-refractivity contribution in [3.63, 3.8) is 0 Å². The highest BCUT2D eigenvalue weighted by atomic mass is 14.5. The van der Waals surface area contributed by atoms with Crippen LogP contribution >= 0.6 is 0 Å². The second-order valence-electron chi connectivity index (χ2n) is 18.7. The SMILES string of the molecule is CCC1(CC)c2ccccc2-c2ccc(-c3ccc4c(c3)C(CC)(CC)c3cc(-c5ccc6c(c5)C(CC)(CC)c5cc(-c7ccc8ccccc8c7C)ccc5-6)ccc3-4)cc21. The van der Waals surface area contributed by atoms with Gasteiger partial charge in [0.15, 0.2) is 0 Å². The van der Waals surface area contributed by atoms with Crippen molar-refractivity contribution in [2.24, 2.45) is 0 Å². The monoisotopic (exact) mass is 802 g/mol. The first-order valence-electron chi connectivity index (χ1n) is 23.6. The first-order chi connectivity index (χ1) is 30.3. The van der Waals surface area contributed by atoms with Gasteiger partial charge in [-0.25, -0.2) is 0 Å². The van der Waals surface area contributed by atoms with Crippen molar-refractivity contribution in [3.05, 3.63) is 191 Å². The fourth-order valence-electron chi connectivity index (χ4n) is 13.1. The van der Waals surface area contributed by atoms with Gasteiger partial charge < -0.3 is 0 Å². The zero-order valence-corrected chi connectivity index (χ0v) is 37.7. The van der Waals surface area contributed by atoms with E-state index in [1.807, 2.05) is 0 Å². The van der Waals surface area contributed by atoms with Gasteiger partial charge in [-0.1, -0.05) is 163 Å². The number of benzene rings is 8. The van der Waals surface area contributed by atoms with Gasteiger partial charge >= 0.3 is 0 Å². The molecule has 0 unspecified atom stereocenters. The molecule has 3 aliphatic carbocycles. The molecule has 0 bridgehead atoms. The van der Waals surface area contributed by atoms with Crippen molar-refractivity contribution in [3.8, 4) is 66.8 Å². The average molecular weight is 803 g/mol. The zero-order valence-electron chi connectivity index (χ0n) is 37.7. The van der Waals surface area contributed by atoms with Crippen molar-refractivity contribution in [2.45, 2.75) is 103 Å². The van der Waals surface area contributed by atoms with Gasteiger partial charge in [0, 0.05) is 16.2 Å². The van der Waals surface area contributed by atoms with Crippen LogP contribution in [0, 0.1) is 6.92 Å². The van der Waals surface area contributed by atoms with Crippen LogP contribution in [0.2, 0.25) is 0 Å². The molecule has 0 atom stereocenters. The molecule has 0 radical (unpaired) electrons. The number of hydrogen-bond donors (Lipinski definition) is 0. The zero-order chi connectivity index (χ0) is 42.5. The molecule has 62 heavy (non-hydrogen) atoms. The third-order valence-corrected chi connectivity index (χ3v) is 16.8. The highest BCUT2D eigenvalue weighted by Gasteiger charge is 2.44. The Kier molecular flexibility index (Phi) is 8.96. The Morgan fingerprint density at radius 1 is 0.290 bits per heavy atom. The minimum atomic E-state index is -0.0406. The quantitative estimate of drug-likeness (QED) is 0.136. The van der Waals surface area contributed by atoms with E-state index in [2.05, 4.69) is 200 Å². The van der Waals surface area contributed by atoms with Gasteiger partial charge in [0.25, 0.3) is 0 Å². The van der Waals surface area contributed by atoms with Crippen LogP contribution in [0.3, 0.4) is 0 Å². The molecular formula is C62H58. The molecule has 306 valence electrons. The highest BCUT2D eigenvalue weighted by Crippen LogP contribution is 2.58. The van der Waals surface area contributed by atoms with Gasteiger partial charge in [0.2, 0.25) is 0 Å². The lowest BCUT2D eigenvalue weighted by Crippen LogP contribution is -2.23. The van der Waals surface area contributed by atoms with E-state index in [4.69, 9.17) is 0 Å². The molecule has 0 spiro atoms. The Hall–Kier alpha value is -5.98. The van der Waals surface area contributed by atoms with Crippen molar-refractivity contribution in [2.75, 3.05) is 0 Å². The van der Waals surface area contributed by atoms with E-state index in [9.17, 15) is 0 Å². The molecule has 8 aromatic rings. The van der Waals surface area contributed by atoms with Gasteiger partial charge in [-0.2, -0.15) is 0 Å². The van der Waals surface area contributed by atoms with Crippen molar-refractivity contribution < 1.29 is 0 Å². The van der Waals surface area contributed by atoms with E-state index in [1.165, 1.54) is 116 Å². The Balaban J connectivity index is 0.972. The molecule has 0 N–H and O–H groups in total. The largest absolute Gasteiger partial charge is 0.0642 e. The number of hydrogen-bond acceptors (Lipinski definition) is 0. The van der Waals surface area contributed by atoms with E-state index in [0.29, 0.717) is 0 Å². The molecule has 0 saturated carbocycles. The lowest BCUT2D eigenvalue weighted by molar-refractivity contribution is 0.490. The summed E-state index contributed by atoms with van der Waals surface area (Å²) in [5, 5.41) is 2.64. The molecule has 0 fully saturated rings. The maximum Gasteiger partial charge on any atom is 0.0210 e. The van der Waals surface area contributed by atoms with Crippen LogP contribution in [0.1, 0.15) is 119 Å². The van der Waals surface area contributed by atoms with Crippen LogP contribution in [0.15, 0.2) is 152 Å². The summed E-state index contributed by atoms with van der Waals surface area (Å²) in [5.41, 5.74) is 26.7. The standard InChI is InChI=1S/C62H58/c1-8-60(9-2)54-21-17-16-20-48(54)49-29-23-41(34-55(49)60)42-24-30-50-51-31-25-43(36-57(51)61(10-3,11-4)56(50)35-42)44-26-32-52-53-33-27-45(38-59(53)62(12-5,13-6)58(52)37-44)47-28-22-40-18-14-15-19-46(40)39(47)7/h14-38H,8-13H2,1-7H3. The Morgan fingerprint density at radius 2 is 0.613 bits per heavy atom. The van der Waals surface area contributed by atoms with Crippen LogP contribution in [-0.2, 0) is 16.2 Å². The predicted molar refractivity (Wildman–Crippen MR) is 265 cm³/mol. The minimum Gasteiger partial charge on any atom is -0.0642 e. The molecule has 0 aromatic heterocycles. The van der Waals surface area contributed by atoms with E-state index in [0.717, 1.165) is 38.5 Å². The van der Waals surface area contributed by atoms with Crippen LogP contribution < -0.4 is 0 Å². The summed E-state index contributed by atoms with van der Waals surface area (Å²) in [5.74, 6) is 0. The first kappa shape index (κ1) is 38.9. The predicted octanol–water partition coefficient (Wildman–Crippen LogP) is 17.4. The molecule has 8 aromatic carbocycles. The van der Waals surface area contributed by atoms with Crippen molar-refractivity contribution >= 4 is 10.8 Å².